The van der Waals surface area contributed by atoms with Crippen molar-refractivity contribution >= 4 is 11.9 Å². The molecule has 0 bridgehead atoms. The molecule has 0 radical (unpaired) electrons. The molecular weight excluding hydrogens is 316 g/mol. The topological polar surface area (TPSA) is 59.5 Å². The maximum atomic E-state index is 13.0. The molecule has 1 amide bonds. The number of hydrogen-bond donors (Lipinski definition) is 0. The molecule has 0 atom stereocenters. The van der Waals surface area contributed by atoms with Crippen LogP contribution in [-0.4, -0.2) is 42.0 Å². The van der Waals surface area contributed by atoms with Crippen molar-refractivity contribution in [2.75, 3.05) is 20.2 Å². The Kier molecular flexibility index (Phi) is 6.69. The average molecular weight is 340 g/mol. The van der Waals surface area contributed by atoms with Crippen molar-refractivity contribution in [2.45, 2.75) is 26.7 Å². The van der Waals surface area contributed by atoms with Gasteiger partial charge >= 0.3 is 5.97 Å². The highest BCUT2D eigenvalue weighted by molar-refractivity contribution is 6.01. The number of pyridine rings is 1. The van der Waals surface area contributed by atoms with Crippen LogP contribution in [0.15, 0.2) is 42.7 Å². The van der Waals surface area contributed by atoms with Crippen LogP contribution in [0.1, 0.15) is 47.4 Å². The van der Waals surface area contributed by atoms with Crippen molar-refractivity contribution in [3.05, 3.63) is 53.9 Å². The van der Waals surface area contributed by atoms with E-state index in [4.69, 9.17) is 4.74 Å². The molecular formula is C20H24N2O3. The number of carbonyl (C=O) groups excluding carboxylic acids is 2. The van der Waals surface area contributed by atoms with Crippen molar-refractivity contribution < 1.29 is 14.3 Å². The Balaban J connectivity index is 2.44. The number of aromatic nitrogens is 1. The Hall–Kier alpha value is -2.69. The van der Waals surface area contributed by atoms with E-state index in [1.807, 2.05) is 11.0 Å². The van der Waals surface area contributed by atoms with Crippen LogP contribution in [0.5, 0.6) is 0 Å². The van der Waals surface area contributed by atoms with Crippen LogP contribution >= 0.6 is 0 Å². The van der Waals surface area contributed by atoms with Crippen LogP contribution in [0.2, 0.25) is 0 Å². The van der Waals surface area contributed by atoms with E-state index in [0.29, 0.717) is 24.2 Å². The third-order valence-corrected chi connectivity index (χ3v) is 3.92. The zero-order valence-corrected chi connectivity index (χ0v) is 15.0. The lowest BCUT2D eigenvalue weighted by Gasteiger charge is -2.22. The summed E-state index contributed by atoms with van der Waals surface area (Å²) in [6.07, 6.45) is 5.06. The molecule has 0 fully saturated rings. The van der Waals surface area contributed by atoms with Gasteiger partial charge in [0.15, 0.2) is 0 Å². The van der Waals surface area contributed by atoms with E-state index in [0.717, 1.165) is 24.0 Å². The Labute approximate surface area is 148 Å². The molecule has 0 N–H and O–H groups in total. The molecule has 0 aliphatic rings. The first-order chi connectivity index (χ1) is 12.1. The lowest BCUT2D eigenvalue weighted by molar-refractivity contribution is 0.0600. The van der Waals surface area contributed by atoms with E-state index in [2.05, 4.69) is 18.8 Å². The van der Waals surface area contributed by atoms with E-state index in [-0.39, 0.29) is 5.91 Å². The molecule has 0 saturated carbocycles. The Morgan fingerprint density at radius 1 is 1.12 bits per heavy atom. The van der Waals surface area contributed by atoms with Crippen molar-refractivity contribution in [3.8, 4) is 11.1 Å². The Morgan fingerprint density at radius 2 is 1.84 bits per heavy atom. The van der Waals surface area contributed by atoms with Crippen molar-refractivity contribution in [2.24, 2.45) is 0 Å². The van der Waals surface area contributed by atoms with Crippen LogP contribution in [0, 0.1) is 0 Å². The molecule has 1 heterocycles. The summed E-state index contributed by atoms with van der Waals surface area (Å²) in [4.78, 5) is 30.8. The summed E-state index contributed by atoms with van der Waals surface area (Å²) in [7, 11) is 1.35. The lowest BCUT2D eigenvalue weighted by Crippen LogP contribution is -2.32. The highest BCUT2D eigenvalue weighted by atomic mass is 16.5. The van der Waals surface area contributed by atoms with Gasteiger partial charge in [-0.25, -0.2) is 4.79 Å². The van der Waals surface area contributed by atoms with Crippen LogP contribution in [0.3, 0.4) is 0 Å². The maximum absolute atomic E-state index is 13.0. The average Bonchev–Trinajstić information content (AvgIpc) is 2.66. The van der Waals surface area contributed by atoms with Gasteiger partial charge in [-0.1, -0.05) is 26.0 Å². The largest absolute Gasteiger partial charge is 0.465 e. The minimum Gasteiger partial charge on any atom is -0.465 e. The minimum absolute atomic E-state index is 0.0322. The normalized spacial score (nSPS) is 10.4. The van der Waals surface area contributed by atoms with Gasteiger partial charge < -0.3 is 9.64 Å². The van der Waals surface area contributed by atoms with Crippen molar-refractivity contribution in [3.63, 3.8) is 0 Å². The molecule has 2 aromatic rings. The number of benzene rings is 1. The third-order valence-electron chi connectivity index (χ3n) is 3.92. The number of hydrogen-bond acceptors (Lipinski definition) is 4. The first-order valence-corrected chi connectivity index (χ1v) is 8.54. The number of ether oxygens (including phenoxy) is 1. The minimum atomic E-state index is -0.401. The van der Waals surface area contributed by atoms with Gasteiger partial charge in [0.25, 0.3) is 5.91 Å². The standard InChI is InChI=1S/C20H24N2O3/c1-4-11-22(12-5-2)19(23)18-14-21-10-9-17(18)15-7-6-8-16(13-15)20(24)25-3/h6-10,13-14H,4-5,11-12H2,1-3H3. The van der Waals surface area contributed by atoms with Gasteiger partial charge in [0.1, 0.15) is 0 Å². The fourth-order valence-corrected chi connectivity index (χ4v) is 2.77. The quantitative estimate of drug-likeness (QED) is 0.719. The second-order valence-electron chi connectivity index (χ2n) is 5.79. The highest BCUT2D eigenvalue weighted by Crippen LogP contribution is 2.25. The number of rotatable bonds is 7. The predicted octanol–water partition coefficient (Wildman–Crippen LogP) is 3.80. The first kappa shape index (κ1) is 18.6. The summed E-state index contributed by atoms with van der Waals surface area (Å²) < 4.78 is 4.78. The molecule has 2 rings (SSSR count). The predicted molar refractivity (Wildman–Crippen MR) is 97.5 cm³/mol. The van der Waals surface area contributed by atoms with Crippen LogP contribution < -0.4 is 0 Å². The number of nitrogens with zero attached hydrogens (tertiary/aromatic N) is 2. The number of amides is 1. The summed E-state index contributed by atoms with van der Waals surface area (Å²) in [5.74, 6) is -0.433. The highest BCUT2D eigenvalue weighted by Gasteiger charge is 2.19. The molecule has 0 unspecified atom stereocenters. The van der Waals surface area contributed by atoms with Crippen molar-refractivity contribution in [1.82, 2.24) is 9.88 Å². The van der Waals surface area contributed by atoms with Crippen molar-refractivity contribution in [1.29, 1.82) is 0 Å². The zero-order chi connectivity index (χ0) is 18.2. The van der Waals surface area contributed by atoms with E-state index >= 15 is 0 Å². The molecule has 25 heavy (non-hydrogen) atoms. The van der Waals surface area contributed by atoms with Gasteiger partial charge in [-0.05, 0) is 42.2 Å². The van der Waals surface area contributed by atoms with Gasteiger partial charge in [0.05, 0.1) is 18.2 Å². The van der Waals surface area contributed by atoms with Crippen LogP contribution in [-0.2, 0) is 4.74 Å². The van der Waals surface area contributed by atoms with Crippen LogP contribution in [0.4, 0.5) is 0 Å². The van der Waals surface area contributed by atoms with E-state index in [1.54, 1.807) is 36.7 Å². The van der Waals surface area contributed by atoms with E-state index < -0.39 is 5.97 Å². The third kappa shape index (κ3) is 4.44. The molecule has 5 heteroatoms. The van der Waals surface area contributed by atoms with Gasteiger partial charge in [-0.15, -0.1) is 0 Å². The summed E-state index contributed by atoms with van der Waals surface area (Å²) in [6, 6.07) is 8.90. The SMILES string of the molecule is CCCN(CCC)C(=O)c1cnccc1-c1cccc(C(=O)OC)c1. The number of esters is 1. The Bertz CT molecular complexity index is 737. The fraction of sp³-hybridized carbons (Fsp3) is 0.350. The summed E-state index contributed by atoms with van der Waals surface area (Å²) in [6.45, 7) is 5.53. The number of methoxy groups -OCH3 is 1. The molecule has 0 spiro atoms. The zero-order valence-electron chi connectivity index (χ0n) is 15.0. The van der Waals surface area contributed by atoms with Crippen LogP contribution in [0.25, 0.3) is 11.1 Å². The smallest absolute Gasteiger partial charge is 0.337 e. The molecule has 132 valence electrons. The molecule has 0 aliphatic carbocycles. The molecule has 0 saturated heterocycles. The molecule has 5 nitrogen and oxygen atoms in total. The lowest BCUT2D eigenvalue weighted by atomic mass is 9.99. The second kappa shape index (κ2) is 8.97. The summed E-state index contributed by atoms with van der Waals surface area (Å²) in [5.41, 5.74) is 2.56. The van der Waals surface area contributed by atoms with Gasteiger partial charge in [0.2, 0.25) is 0 Å². The molecule has 1 aromatic carbocycles. The second-order valence-corrected chi connectivity index (χ2v) is 5.79. The van der Waals surface area contributed by atoms with E-state index in [9.17, 15) is 9.59 Å². The van der Waals surface area contributed by atoms with Gasteiger partial charge in [-0.2, -0.15) is 0 Å². The summed E-state index contributed by atoms with van der Waals surface area (Å²) in [5, 5.41) is 0. The van der Waals surface area contributed by atoms with Gasteiger partial charge in [-0.3, -0.25) is 9.78 Å². The Morgan fingerprint density at radius 3 is 2.48 bits per heavy atom. The number of carbonyl (C=O) groups is 2. The molecule has 0 aliphatic heterocycles. The van der Waals surface area contributed by atoms with Gasteiger partial charge in [0, 0.05) is 25.5 Å². The maximum Gasteiger partial charge on any atom is 0.337 e. The summed E-state index contributed by atoms with van der Waals surface area (Å²) >= 11 is 0. The fourth-order valence-electron chi connectivity index (χ4n) is 2.77. The molecule has 1 aromatic heterocycles. The monoisotopic (exact) mass is 340 g/mol. The van der Waals surface area contributed by atoms with E-state index in [1.165, 1.54) is 7.11 Å². The first-order valence-electron chi connectivity index (χ1n) is 8.54.